The number of hydrogen-bond donors (Lipinski definition) is 1. The van der Waals surface area contributed by atoms with E-state index in [1.165, 1.54) is 22.3 Å². The van der Waals surface area contributed by atoms with Gasteiger partial charge in [-0.25, -0.2) is 13.4 Å². The van der Waals surface area contributed by atoms with Crippen LogP contribution in [-0.4, -0.2) is 48.0 Å². The van der Waals surface area contributed by atoms with Crippen LogP contribution in [0.3, 0.4) is 0 Å². The third-order valence-corrected chi connectivity index (χ3v) is 6.35. The molecule has 1 saturated heterocycles. The van der Waals surface area contributed by atoms with Crippen molar-refractivity contribution in [3.05, 3.63) is 18.3 Å². The zero-order chi connectivity index (χ0) is 17.8. The summed E-state index contributed by atoms with van der Waals surface area (Å²) in [4.78, 5) is 16.2. The monoisotopic (exact) mass is 371 g/mol. The van der Waals surface area contributed by atoms with Crippen LogP contribution in [0.1, 0.15) is 40.0 Å². The Morgan fingerprint density at radius 1 is 1.25 bits per heavy atom. The van der Waals surface area contributed by atoms with Gasteiger partial charge in [-0.3, -0.25) is 4.79 Å². The molecule has 0 atom stereocenters. The highest BCUT2D eigenvalue weighted by Crippen LogP contribution is 2.22. The fourth-order valence-corrected chi connectivity index (χ4v) is 4.56. The SMILES string of the molecule is CC(C)(C)NC(=O)CSc1ccc(S(=O)(=O)N2CCCCC2)cn1. The van der Waals surface area contributed by atoms with Gasteiger partial charge in [-0.15, -0.1) is 0 Å². The molecule has 1 aromatic rings. The Bertz CT molecular complexity index is 661. The highest BCUT2D eigenvalue weighted by Gasteiger charge is 2.26. The molecule has 0 bridgehead atoms. The van der Waals surface area contributed by atoms with E-state index in [1.54, 1.807) is 12.1 Å². The van der Waals surface area contributed by atoms with Gasteiger partial charge in [0.05, 0.1) is 10.8 Å². The van der Waals surface area contributed by atoms with Crippen LogP contribution in [0.15, 0.2) is 28.3 Å². The molecular formula is C16H25N3O3S2. The van der Waals surface area contributed by atoms with Crippen LogP contribution in [0.4, 0.5) is 0 Å². The molecule has 6 nitrogen and oxygen atoms in total. The number of hydrogen-bond acceptors (Lipinski definition) is 5. The summed E-state index contributed by atoms with van der Waals surface area (Å²) in [6.07, 6.45) is 4.28. The lowest BCUT2D eigenvalue weighted by Crippen LogP contribution is -2.41. The van der Waals surface area contributed by atoms with Gasteiger partial charge in [-0.2, -0.15) is 4.31 Å². The third kappa shape index (κ3) is 5.46. The molecular weight excluding hydrogens is 346 g/mol. The van der Waals surface area contributed by atoms with Crippen molar-refractivity contribution in [1.29, 1.82) is 0 Å². The summed E-state index contributed by atoms with van der Waals surface area (Å²) < 4.78 is 26.6. The molecule has 1 aromatic heterocycles. The van der Waals surface area contributed by atoms with Crippen LogP contribution in [0, 0.1) is 0 Å². The molecule has 2 rings (SSSR count). The molecule has 0 spiro atoms. The van der Waals surface area contributed by atoms with Crippen molar-refractivity contribution in [2.75, 3.05) is 18.8 Å². The zero-order valence-electron chi connectivity index (χ0n) is 14.4. The van der Waals surface area contributed by atoms with Gasteiger partial charge in [0, 0.05) is 24.8 Å². The Morgan fingerprint density at radius 3 is 2.46 bits per heavy atom. The van der Waals surface area contributed by atoms with Gasteiger partial charge in [0.1, 0.15) is 4.90 Å². The van der Waals surface area contributed by atoms with E-state index in [0.717, 1.165) is 19.3 Å². The second-order valence-electron chi connectivity index (χ2n) is 6.88. The number of aromatic nitrogens is 1. The summed E-state index contributed by atoms with van der Waals surface area (Å²) >= 11 is 1.29. The largest absolute Gasteiger partial charge is 0.351 e. The number of pyridine rings is 1. The standard InChI is InChI=1S/C16H25N3O3S2/c1-16(2,3)18-14(20)12-23-15-8-7-13(11-17-15)24(21,22)19-9-5-4-6-10-19/h7-8,11H,4-6,9-10,12H2,1-3H3,(H,18,20). The molecule has 8 heteroatoms. The Balaban J connectivity index is 1.96. The van der Waals surface area contributed by atoms with Crippen LogP contribution in [0.5, 0.6) is 0 Å². The van der Waals surface area contributed by atoms with E-state index in [4.69, 9.17) is 0 Å². The van der Waals surface area contributed by atoms with E-state index in [2.05, 4.69) is 10.3 Å². The first-order valence-electron chi connectivity index (χ1n) is 8.08. The van der Waals surface area contributed by atoms with Gasteiger partial charge >= 0.3 is 0 Å². The van der Waals surface area contributed by atoms with Gasteiger partial charge in [0.15, 0.2) is 0 Å². The van der Waals surface area contributed by atoms with Crippen molar-refractivity contribution < 1.29 is 13.2 Å². The number of piperidine rings is 1. The molecule has 0 radical (unpaired) electrons. The maximum atomic E-state index is 12.5. The third-order valence-electron chi connectivity index (χ3n) is 3.53. The predicted octanol–water partition coefficient (Wildman–Crippen LogP) is 2.26. The van der Waals surface area contributed by atoms with E-state index in [-0.39, 0.29) is 22.1 Å². The predicted molar refractivity (Wildman–Crippen MR) is 95.5 cm³/mol. The fourth-order valence-electron chi connectivity index (χ4n) is 2.45. The minimum absolute atomic E-state index is 0.0701. The van der Waals surface area contributed by atoms with Crippen molar-refractivity contribution >= 4 is 27.7 Å². The summed E-state index contributed by atoms with van der Waals surface area (Å²) in [6.45, 7) is 6.92. The van der Waals surface area contributed by atoms with E-state index >= 15 is 0 Å². The fraction of sp³-hybridized carbons (Fsp3) is 0.625. The molecule has 1 N–H and O–H groups in total. The zero-order valence-corrected chi connectivity index (χ0v) is 16.0. The van der Waals surface area contributed by atoms with Crippen molar-refractivity contribution in [1.82, 2.24) is 14.6 Å². The first-order valence-corrected chi connectivity index (χ1v) is 10.5. The number of amides is 1. The summed E-state index contributed by atoms with van der Waals surface area (Å²) in [5.74, 6) is 0.182. The van der Waals surface area contributed by atoms with Crippen LogP contribution in [-0.2, 0) is 14.8 Å². The van der Waals surface area contributed by atoms with Crippen LogP contribution >= 0.6 is 11.8 Å². The van der Waals surface area contributed by atoms with E-state index in [0.29, 0.717) is 18.1 Å². The average molecular weight is 372 g/mol. The summed E-state index contributed by atoms with van der Waals surface area (Å²) in [7, 11) is -3.45. The Morgan fingerprint density at radius 2 is 1.92 bits per heavy atom. The topological polar surface area (TPSA) is 79.4 Å². The van der Waals surface area contributed by atoms with Gasteiger partial charge < -0.3 is 5.32 Å². The number of carbonyl (C=O) groups is 1. The van der Waals surface area contributed by atoms with E-state index < -0.39 is 10.0 Å². The van der Waals surface area contributed by atoms with E-state index in [9.17, 15) is 13.2 Å². The lowest BCUT2D eigenvalue weighted by molar-refractivity contribution is -0.119. The average Bonchev–Trinajstić information content (AvgIpc) is 2.52. The first-order chi connectivity index (χ1) is 11.2. The number of carbonyl (C=O) groups excluding carboxylic acids is 1. The number of thioether (sulfide) groups is 1. The maximum absolute atomic E-state index is 12.5. The van der Waals surface area contributed by atoms with Crippen LogP contribution in [0.2, 0.25) is 0 Å². The summed E-state index contributed by atoms with van der Waals surface area (Å²) in [5, 5.41) is 3.51. The smallest absolute Gasteiger partial charge is 0.244 e. The van der Waals surface area contributed by atoms with Crippen molar-refractivity contribution in [2.24, 2.45) is 0 Å². The molecule has 1 fully saturated rings. The minimum Gasteiger partial charge on any atom is -0.351 e. The summed E-state index contributed by atoms with van der Waals surface area (Å²) in [5.41, 5.74) is -0.266. The second kappa shape index (κ2) is 7.84. The number of nitrogens with one attached hydrogen (secondary N) is 1. The van der Waals surface area contributed by atoms with Gasteiger partial charge in [-0.05, 0) is 45.7 Å². The highest BCUT2D eigenvalue weighted by atomic mass is 32.2. The van der Waals surface area contributed by atoms with Crippen LogP contribution in [0.25, 0.3) is 0 Å². The van der Waals surface area contributed by atoms with Crippen molar-refractivity contribution in [3.63, 3.8) is 0 Å². The number of sulfonamides is 1. The summed E-state index contributed by atoms with van der Waals surface area (Å²) in [6, 6.07) is 3.23. The Labute approximate surface area is 148 Å². The molecule has 1 amide bonds. The molecule has 0 saturated carbocycles. The normalized spacial score (nSPS) is 16.8. The Kier molecular flexibility index (Phi) is 6.28. The lowest BCUT2D eigenvalue weighted by Gasteiger charge is -2.25. The number of nitrogens with zero attached hydrogens (tertiary/aromatic N) is 2. The quantitative estimate of drug-likeness (QED) is 0.803. The molecule has 0 unspecified atom stereocenters. The number of rotatable bonds is 5. The van der Waals surface area contributed by atoms with Gasteiger partial charge in [0.25, 0.3) is 0 Å². The highest BCUT2D eigenvalue weighted by molar-refractivity contribution is 7.99. The second-order valence-corrected chi connectivity index (χ2v) is 9.82. The van der Waals surface area contributed by atoms with Crippen molar-refractivity contribution in [2.45, 2.75) is 55.5 Å². The van der Waals surface area contributed by atoms with E-state index in [1.807, 2.05) is 20.8 Å². The first kappa shape index (κ1) is 19.2. The van der Waals surface area contributed by atoms with Gasteiger partial charge in [-0.1, -0.05) is 18.2 Å². The van der Waals surface area contributed by atoms with Crippen LogP contribution < -0.4 is 5.32 Å². The molecule has 1 aliphatic rings. The Hall–Kier alpha value is -1.12. The lowest BCUT2D eigenvalue weighted by atomic mass is 10.1. The van der Waals surface area contributed by atoms with Crippen molar-refractivity contribution in [3.8, 4) is 0 Å². The van der Waals surface area contributed by atoms with Gasteiger partial charge in [0.2, 0.25) is 15.9 Å². The molecule has 24 heavy (non-hydrogen) atoms. The maximum Gasteiger partial charge on any atom is 0.244 e. The molecule has 0 aliphatic carbocycles. The molecule has 2 heterocycles. The molecule has 134 valence electrons. The molecule has 1 aliphatic heterocycles. The minimum atomic E-state index is -3.45. The molecule has 0 aromatic carbocycles.